The summed E-state index contributed by atoms with van der Waals surface area (Å²) in [5.41, 5.74) is 12.7. The zero-order valence-corrected chi connectivity index (χ0v) is 26.1. The molecule has 0 saturated carbocycles. The number of nitrogens with zero attached hydrogens (tertiary/aromatic N) is 2. The summed E-state index contributed by atoms with van der Waals surface area (Å²) in [4.78, 5) is 2.60. The molecule has 46 heavy (non-hydrogen) atoms. The quantitative estimate of drug-likeness (QED) is 0.198. The van der Waals surface area contributed by atoms with Gasteiger partial charge in [0.2, 0.25) is 0 Å². The van der Waals surface area contributed by atoms with Crippen LogP contribution < -0.4 is 4.90 Å². The summed E-state index contributed by atoms with van der Waals surface area (Å²) in [5, 5.41) is 6.30. The first-order chi connectivity index (χ1) is 22.6. The van der Waals surface area contributed by atoms with Crippen molar-refractivity contribution in [3.63, 3.8) is 0 Å². The van der Waals surface area contributed by atoms with E-state index in [9.17, 15) is 0 Å². The van der Waals surface area contributed by atoms with Gasteiger partial charge in [-0.25, -0.2) is 0 Å². The van der Waals surface area contributed by atoms with Crippen LogP contribution in [0.25, 0.3) is 49.4 Å². The Labute approximate surface area is 269 Å². The molecule has 0 amide bonds. The van der Waals surface area contributed by atoms with Gasteiger partial charge < -0.3 is 9.47 Å². The van der Waals surface area contributed by atoms with E-state index in [1.54, 1.807) is 0 Å². The summed E-state index contributed by atoms with van der Waals surface area (Å²) >= 11 is 0. The van der Waals surface area contributed by atoms with Gasteiger partial charge in [0.15, 0.2) is 0 Å². The third-order valence-electron chi connectivity index (χ3n) is 9.83. The summed E-state index contributed by atoms with van der Waals surface area (Å²) in [6.45, 7) is 4.32. The molecule has 9 rings (SSSR count). The number of aryl methyl sites for hydroxylation is 2. The van der Waals surface area contributed by atoms with Gasteiger partial charge in [0.05, 0.1) is 22.9 Å². The van der Waals surface area contributed by atoms with Crippen LogP contribution in [0.4, 0.5) is 11.4 Å². The normalized spacial score (nSPS) is 14.4. The lowest BCUT2D eigenvalue weighted by atomic mass is 10.00. The van der Waals surface area contributed by atoms with Gasteiger partial charge in [-0.1, -0.05) is 132 Å². The molecular weight excluding hydrogens is 556 g/mol. The Morgan fingerprint density at radius 3 is 1.78 bits per heavy atom. The summed E-state index contributed by atoms with van der Waals surface area (Å²) in [6.07, 6.45) is 0.943. The van der Waals surface area contributed by atoms with Crippen LogP contribution in [0, 0.1) is 13.8 Å². The molecule has 0 bridgehead atoms. The second-order valence-electron chi connectivity index (χ2n) is 12.8. The Morgan fingerprint density at radius 2 is 1.09 bits per heavy atom. The molecule has 0 spiro atoms. The molecule has 1 aliphatic heterocycles. The van der Waals surface area contributed by atoms with E-state index >= 15 is 0 Å². The molecule has 7 aromatic carbocycles. The van der Waals surface area contributed by atoms with Gasteiger partial charge in [-0.05, 0) is 78.1 Å². The van der Waals surface area contributed by atoms with E-state index in [2.05, 4.69) is 175 Å². The number of fused-ring (bicyclic) bond motifs is 4. The molecule has 0 aliphatic carbocycles. The van der Waals surface area contributed by atoms with E-state index in [1.165, 1.54) is 83.0 Å². The third kappa shape index (κ3) is 4.25. The summed E-state index contributed by atoms with van der Waals surface area (Å²) in [7, 11) is 0. The van der Waals surface area contributed by atoms with E-state index in [4.69, 9.17) is 0 Å². The molecule has 1 atom stereocenters. The van der Waals surface area contributed by atoms with Crippen molar-refractivity contribution in [1.82, 2.24) is 4.57 Å². The van der Waals surface area contributed by atoms with Crippen molar-refractivity contribution in [2.24, 2.45) is 0 Å². The zero-order valence-electron chi connectivity index (χ0n) is 26.1. The smallest absolute Gasteiger partial charge is 0.0633 e. The SMILES string of the molecule is Cc1ccc(-c2cc3cc4c(cc3n2-c2cccc3ccccc23)CC(c2ccc(C)cc2)N4c2cccc3ccccc23)cc1. The minimum Gasteiger partial charge on any atom is -0.333 e. The summed E-state index contributed by atoms with van der Waals surface area (Å²) in [6, 6.07) is 56.5. The summed E-state index contributed by atoms with van der Waals surface area (Å²) in [5.74, 6) is 0. The van der Waals surface area contributed by atoms with Crippen LogP contribution >= 0.6 is 0 Å². The monoisotopic (exact) mass is 590 g/mol. The van der Waals surface area contributed by atoms with Crippen LogP contribution in [0.1, 0.15) is 28.3 Å². The van der Waals surface area contributed by atoms with Gasteiger partial charge in [-0.15, -0.1) is 0 Å². The highest BCUT2D eigenvalue weighted by Gasteiger charge is 2.33. The van der Waals surface area contributed by atoms with Gasteiger partial charge >= 0.3 is 0 Å². The highest BCUT2D eigenvalue weighted by molar-refractivity contribution is 6.01. The molecule has 2 heteroatoms. The van der Waals surface area contributed by atoms with Crippen LogP contribution in [0.5, 0.6) is 0 Å². The maximum Gasteiger partial charge on any atom is 0.0633 e. The van der Waals surface area contributed by atoms with Crippen molar-refractivity contribution in [1.29, 1.82) is 0 Å². The van der Waals surface area contributed by atoms with Crippen molar-refractivity contribution in [2.75, 3.05) is 4.90 Å². The molecule has 2 heterocycles. The Bertz CT molecular complexity index is 2400. The molecule has 0 saturated heterocycles. The van der Waals surface area contributed by atoms with Crippen molar-refractivity contribution >= 4 is 43.8 Å². The number of hydrogen-bond donors (Lipinski definition) is 0. The fraction of sp³-hybridized carbons (Fsp3) is 0.0909. The topological polar surface area (TPSA) is 8.17 Å². The fourth-order valence-corrected chi connectivity index (χ4v) is 7.51. The first kappa shape index (κ1) is 26.8. The Kier molecular flexibility index (Phi) is 6.11. The maximum atomic E-state index is 2.60. The van der Waals surface area contributed by atoms with Crippen LogP contribution in [-0.4, -0.2) is 4.57 Å². The molecule has 0 N–H and O–H groups in total. The van der Waals surface area contributed by atoms with E-state index in [0.717, 1.165) is 6.42 Å². The molecule has 0 fully saturated rings. The predicted octanol–water partition coefficient (Wildman–Crippen LogP) is 11.7. The van der Waals surface area contributed by atoms with Crippen molar-refractivity contribution in [3.8, 4) is 16.9 Å². The number of benzene rings is 7. The lowest BCUT2D eigenvalue weighted by molar-refractivity contribution is 0.745. The van der Waals surface area contributed by atoms with E-state index < -0.39 is 0 Å². The first-order valence-corrected chi connectivity index (χ1v) is 16.2. The van der Waals surface area contributed by atoms with Gasteiger partial charge in [-0.2, -0.15) is 0 Å². The Hall–Kier alpha value is -5.60. The van der Waals surface area contributed by atoms with E-state index in [0.29, 0.717) is 0 Å². The molecule has 2 nitrogen and oxygen atoms in total. The second kappa shape index (κ2) is 10.5. The van der Waals surface area contributed by atoms with Crippen molar-refractivity contribution in [3.05, 3.63) is 174 Å². The van der Waals surface area contributed by atoms with Crippen LogP contribution in [0.3, 0.4) is 0 Å². The highest BCUT2D eigenvalue weighted by Crippen LogP contribution is 2.49. The summed E-state index contributed by atoms with van der Waals surface area (Å²) < 4.78 is 2.49. The van der Waals surface area contributed by atoms with Crippen LogP contribution in [0.15, 0.2) is 152 Å². The van der Waals surface area contributed by atoms with E-state index in [-0.39, 0.29) is 6.04 Å². The molecule has 0 radical (unpaired) electrons. The van der Waals surface area contributed by atoms with Gasteiger partial charge in [-0.3, -0.25) is 0 Å². The second-order valence-corrected chi connectivity index (χ2v) is 12.8. The van der Waals surface area contributed by atoms with E-state index in [1.807, 2.05) is 0 Å². The number of hydrogen-bond acceptors (Lipinski definition) is 1. The number of rotatable bonds is 4. The van der Waals surface area contributed by atoms with Crippen molar-refractivity contribution in [2.45, 2.75) is 26.3 Å². The third-order valence-corrected chi connectivity index (χ3v) is 9.83. The Morgan fingerprint density at radius 1 is 0.500 bits per heavy atom. The van der Waals surface area contributed by atoms with Gasteiger partial charge in [0.1, 0.15) is 0 Å². The van der Waals surface area contributed by atoms with Crippen LogP contribution in [0.2, 0.25) is 0 Å². The molecule has 8 aromatic rings. The first-order valence-electron chi connectivity index (χ1n) is 16.2. The minimum absolute atomic E-state index is 0.204. The fourth-order valence-electron chi connectivity index (χ4n) is 7.51. The molecule has 1 unspecified atom stereocenters. The predicted molar refractivity (Wildman–Crippen MR) is 195 cm³/mol. The average Bonchev–Trinajstić information content (AvgIpc) is 3.65. The standard InChI is InChI=1S/C44H34N2/c1-29-17-21-33(22-18-29)41-25-35-27-44-36(28-43(35)45(41)39-15-7-11-31-9-3-5-13-37(31)39)26-42(34-23-19-30(2)20-24-34)46(44)40-16-8-12-32-10-4-6-14-38(32)40/h3-25,27-28,42H,26H2,1-2H3. The lowest BCUT2D eigenvalue weighted by Crippen LogP contribution is -2.20. The maximum absolute atomic E-state index is 2.60. The average molecular weight is 591 g/mol. The number of anilines is 2. The minimum atomic E-state index is 0.204. The number of aromatic nitrogens is 1. The zero-order chi connectivity index (χ0) is 30.8. The molecule has 220 valence electrons. The lowest BCUT2D eigenvalue weighted by Gasteiger charge is -2.29. The van der Waals surface area contributed by atoms with Crippen LogP contribution in [-0.2, 0) is 6.42 Å². The highest BCUT2D eigenvalue weighted by atomic mass is 15.2. The van der Waals surface area contributed by atoms with Crippen molar-refractivity contribution < 1.29 is 0 Å². The molecular formula is C44H34N2. The molecule has 1 aliphatic rings. The van der Waals surface area contributed by atoms with Gasteiger partial charge in [0.25, 0.3) is 0 Å². The van der Waals surface area contributed by atoms with Gasteiger partial charge in [0, 0.05) is 27.5 Å². The molecule has 1 aromatic heterocycles. The Balaban J connectivity index is 1.32. The largest absolute Gasteiger partial charge is 0.333 e.